The minimum atomic E-state index is -3.91. The molecule has 8 nitrogen and oxygen atoms in total. The van der Waals surface area contributed by atoms with Gasteiger partial charge in [-0.3, -0.25) is 0 Å². The Morgan fingerprint density at radius 3 is 0.257 bits per heavy atom. The highest BCUT2D eigenvalue weighted by molar-refractivity contribution is 7.19. The fourth-order valence-electron chi connectivity index (χ4n) is 21.2. The zero-order chi connectivity index (χ0) is 92.7. The maximum Gasteiger partial charge on any atom is 0.392 e. The van der Waals surface area contributed by atoms with Crippen LogP contribution < -0.4 is 0 Å². The Bertz CT molecular complexity index is 6030. The summed E-state index contributed by atoms with van der Waals surface area (Å²) in [5.41, 5.74) is 26.2. The van der Waals surface area contributed by atoms with Gasteiger partial charge in [-0.05, 0) is 186 Å². The van der Waals surface area contributed by atoms with Crippen molar-refractivity contribution >= 4 is 155 Å². The van der Waals surface area contributed by atoms with Crippen LogP contribution in [0.5, 0.6) is 0 Å². The van der Waals surface area contributed by atoms with Gasteiger partial charge in [0.2, 0.25) is 0 Å². The molecule has 16 aromatic rings. The molecule has 0 unspecified atom stereocenters. The van der Waals surface area contributed by atoms with E-state index in [1.807, 2.05) is 0 Å². The first-order valence-corrected chi connectivity index (χ1v) is 65.4. The van der Waals surface area contributed by atoms with Crippen molar-refractivity contribution in [1.29, 1.82) is 0 Å². The van der Waals surface area contributed by atoms with Gasteiger partial charge in [0.15, 0.2) is 0 Å². The van der Waals surface area contributed by atoms with Crippen molar-refractivity contribution in [3.63, 3.8) is 0 Å². The molecule has 22 rings (SSSR count). The maximum atomic E-state index is 8.40. The summed E-state index contributed by atoms with van der Waals surface area (Å²) in [6.45, 7) is 17.8. The molecule has 0 saturated carbocycles. The van der Waals surface area contributed by atoms with Gasteiger partial charge in [-0.1, -0.05) is 485 Å². The predicted molar refractivity (Wildman–Crippen MR) is 579 cm³/mol. The summed E-state index contributed by atoms with van der Waals surface area (Å²) in [5, 5.41) is 8.61. The molecule has 136 heavy (non-hydrogen) atoms. The van der Waals surface area contributed by atoms with Gasteiger partial charge in [0, 0.05) is 41.6 Å². The minimum Gasteiger partial charge on any atom is -0.409 e. The van der Waals surface area contributed by atoms with Crippen LogP contribution in [-0.4, -0.2) is 68.5 Å². The Morgan fingerprint density at radius 1 is 0.103 bits per heavy atom. The first-order valence-electron chi connectivity index (χ1n) is 46.8. The average Bonchev–Trinajstić information content (AvgIpc) is 1.52. The van der Waals surface area contributed by atoms with Gasteiger partial charge in [0.1, 0.15) is 0 Å². The van der Waals surface area contributed by atoms with Gasteiger partial charge in [-0.25, -0.2) is 0 Å². The molecule has 6 aliphatic rings. The highest BCUT2D eigenvalue weighted by atomic mass is 28.5. The van der Waals surface area contributed by atoms with Crippen molar-refractivity contribution < 1.29 is 32.9 Å². The van der Waals surface area contributed by atoms with Gasteiger partial charge in [0.05, 0.1) is 0 Å². The lowest BCUT2D eigenvalue weighted by Crippen LogP contribution is -2.68. The molecule has 0 aliphatic carbocycles. The van der Waals surface area contributed by atoms with Crippen molar-refractivity contribution in [2.45, 2.75) is 52.4 Å². The third-order valence-corrected chi connectivity index (χ3v) is 60.3. The van der Waals surface area contributed by atoms with Gasteiger partial charge < -0.3 is 32.9 Å². The summed E-state index contributed by atoms with van der Waals surface area (Å²) in [6.07, 6.45) is 0. The molecular weight excluding hydrogens is 1790 g/mol. The van der Waals surface area contributed by atoms with Gasteiger partial charge >= 0.3 is 68.5 Å². The normalized spacial score (nSPS) is 18.3. The van der Waals surface area contributed by atoms with Crippen molar-refractivity contribution in [3.8, 4) is 0 Å². The van der Waals surface area contributed by atoms with E-state index >= 15 is 0 Å². The molecule has 664 valence electrons. The summed E-state index contributed by atoms with van der Waals surface area (Å²) in [5.74, 6) is 0. The fraction of sp³-hybridized carbons (Fsp3) is 0.0667. The third kappa shape index (κ3) is 16.7. The summed E-state index contributed by atoms with van der Waals surface area (Å²) < 4.78 is 67.2. The first-order chi connectivity index (χ1) is 66.4. The minimum absolute atomic E-state index is 1.06. The molecule has 16 heteroatoms. The lowest BCUT2D eigenvalue weighted by Gasteiger charge is -2.51. The topological polar surface area (TPSA) is 73.8 Å². The summed E-state index contributed by atoms with van der Waals surface area (Å²) in [4.78, 5) is 0. The van der Waals surface area contributed by atoms with Gasteiger partial charge in [0.25, 0.3) is 0 Å². The van der Waals surface area contributed by atoms with E-state index in [0.717, 1.165) is 175 Å². The molecule has 16 aromatic carbocycles. The second kappa shape index (κ2) is 37.2. The summed E-state index contributed by atoms with van der Waals surface area (Å²) >= 11 is 0. The second-order valence-electron chi connectivity index (χ2n) is 36.7. The first kappa shape index (κ1) is 89.4. The largest absolute Gasteiger partial charge is 0.409 e. The van der Waals surface area contributed by atoms with E-state index in [1.165, 1.54) is 0 Å². The van der Waals surface area contributed by atoms with E-state index in [0.29, 0.717) is 0 Å². The van der Waals surface area contributed by atoms with Crippen molar-refractivity contribution in [3.05, 3.63) is 574 Å². The molecule has 0 bridgehead atoms. The van der Waals surface area contributed by atoms with E-state index in [4.69, 9.17) is 32.9 Å². The van der Waals surface area contributed by atoms with Crippen LogP contribution in [0.4, 0.5) is 0 Å². The van der Waals surface area contributed by atoms with Crippen LogP contribution in [0.1, 0.15) is 89.0 Å². The molecule has 6 heterocycles. The molecule has 4 spiro atoms. The number of hydrogen-bond donors (Lipinski definition) is 0. The zero-order valence-corrected chi connectivity index (χ0v) is 85.5. The average molecular weight is 1900 g/mol. The van der Waals surface area contributed by atoms with Crippen LogP contribution in [0.15, 0.2) is 485 Å². The number of rotatable bonds is 16. The Hall–Kier alpha value is -13.1. The molecular formula is C120H104O8Si8. The number of benzene rings is 16. The maximum absolute atomic E-state index is 8.40. The second-order valence-corrected chi connectivity index (χ2v) is 63.4. The van der Waals surface area contributed by atoms with E-state index in [1.54, 1.807) is 0 Å². The van der Waals surface area contributed by atoms with E-state index in [2.05, 4.69) is 538 Å². The molecule has 0 aromatic heterocycles. The van der Waals surface area contributed by atoms with E-state index in [-0.39, 0.29) is 0 Å². The Labute approximate surface area is 807 Å². The smallest absolute Gasteiger partial charge is 0.392 e. The quantitative estimate of drug-likeness (QED) is 0.0886. The van der Waals surface area contributed by atoms with Crippen LogP contribution >= 0.6 is 0 Å². The van der Waals surface area contributed by atoms with Crippen LogP contribution in [0.2, 0.25) is 52.4 Å². The van der Waals surface area contributed by atoms with Crippen molar-refractivity contribution in [1.82, 2.24) is 0 Å². The van der Waals surface area contributed by atoms with Crippen molar-refractivity contribution in [2.75, 3.05) is 0 Å². The van der Waals surface area contributed by atoms with Crippen LogP contribution in [0.25, 0.3) is 86.2 Å². The molecule has 0 atom stereocenters. The lowest BCUT2D eigenvalue weighted by atomic mass is 9.89. The number of allylic oxidation sites excluding steroid dienone is 8. The lowest BCUT2D eigenvalue weighted by molar-refractivity contribution is 0.254. The van der Waals surface area contributed by atoms with E-state index in [9.17, 15) is 0 Å². The predicted octanol–water partition coefficient (Wildman–Crippen LogP) is 30.0. The third-order valence-electron chi connectivity index (χ3n) is 25.7. The van der Waals surface area contributed by atoms with Crippen LogP contribution in [0, 0.1) is 0 Å². The standard InChI is InChI=1S/2C60H52O4Si4/c2*1-65(2)61-67(57(49-37-21-9-22-38-49)53(45-29-13-5-14-30-45)54(46-31-15-6-16-32-46)58(67)50-39-23-10-24-40-50)63-66(3,4)64-68(62-65)59(51-41-25-11-26-42-51)55(47-33-17-7-18-34-47)56(48-35-19-8-20-36-48)60(68)52-43-27-12-28-44-52/h2*5-44H,1-4H3. The molecule has 2 saturated heterocycles. The van der Waals surface area contributed by atoms with Gasteiger partial charge in [-0.15, -0.1) is 0 Å². The van der Waals surface area contributed by atoms with Crippen molar-refractivity contribution in [2.24, 2.45) is 0 Å². The fourth-order valence-corrected chi connectivity index (χ4v) is 64.4. The monoisotopic (exact) mass is 1900 g/mol. The Balaban J connectivity index is 0.000000163. The van der Waals surface area contributed by atoms with Crippen LogP contribution in [0.3, 0.4) is 0 Å². The Kier molecular flexibility index (Phi) is 24.4. The van der Waals surface area contributed by atoms with E-state index < -0.39 is 68.5 Å². The molecule has 0 N–H and O–H groups in total. The summed E-state index contributed by atoms with van der Waals surface area (Å²) in [6, 6.07) is 173. The molecule has 0 radical (unpaired) electrons. The molecule has 2 fully saturated rings. The zero-order valence-electron chi connectivity index (χ0n) is 77.5. The molecule has 6 aliphatic heterocycles. The highest BCUT2D eigenvalue weighted by Gasteiger charge is 2.71. The summed E-state index contributed by atoms with van der Waals surface area (Å²) in [7, 11) is -29.5. The number of hydrogen-bond acceptors (Lipinski definition) is 8. The molecule has 0 amide bonds. The SMILES string of the molecule is C[Si]1(C)O[Si]2(O[Si](C)(C)O[Si]3(O1)C(c1ccccc1)=C(c1ccccc1)C(c1ccccc1)=C3c1ccccc1)C(c1ccccc1)=C(c1ccccc1)C(c1ccccc1)=C2c1ccccc1.C[Si]1(C)O[Si]2(O[Si](C)(C)O[Si]3(O1)C(c1ccccc1)=C(c1ccccc1)C(c1ccccc1)=C3c1ccccc1)C(c1ccccc1)=C(c1ccccc1)C(c1ccccc1)=C2c1ccccc1. The highest BCUT2D eigenvalue weighted by Crippen LogP contribution is 2.66. The van der Waals surface area contributed by atoms with Crippen LogP contribution in [-0.2, 0) is 32.9 Å². The Morgan fingerprint density at radius 2 is 0.176 bits per heavy atom. The van der Waals surface area contributed by atoms with Gasteiger partial charge in [-0.2, -0.15) is 0 Å².